The fourth-order valence-corrected chi connectivity index (χ4v) is 16.8. The van der Waals surface area contributed by atoms with Gasteiger partial charge < -0.3 is 14.6 Å². The van der Waals surface area contributed by atoms with Gasteiger partial charge in [0.15, 0.2) is 5.78 Å². The maximum Gasteiger partial charge on any atom is 0.373 e. The Labute approximate surface area is 399 Å². The van der Waals surface area contributed by atoms with E-state index >= 15 is 4.79 Å². The van der Waals surface area contributed by atoms with Crippen LogP contribution in [0.5, 0.6) is 0 Å². The number of carbonyl (C=O) groups excluding carboxylic acids is 5. The van der Waals surface area contributed by atoms with Gasteiger partial charge in [-0.2, -0.15) is 9.59 Å². The Bertz CT molecular complexity index is 2450. The number of esters is 1. The largest absolute Gasteiger partial charge is 0.462 e. The molecule has 1 aromatic heterocycles. The quantitative estimate of drug-likeness (QED) is 0.223. The second-order valence-electron chi connectivity index (χ2n) is 24.3. The molecule has 67 heavy (non-hydrogen) atoms. The zero-order valence-electron chi connectivity index (χ0n) is 41.7. The molecule has 0 radical (unpaired) electrons. The predicted molar refractivity (Wildman–Crippen MR) is 258 cm³/mol. The summed E-state index contributed by atoms with van der Waals surface area (Å²) in [5, 5.41) is 0. The van der Waals surface area contributed by atoms with E-state index in [4.69, 9.17) is 19.3 Å². The maximum atomic E-state index is 15.6. The molecule has 1 saturated heterocycles. The summed E-state index contributed by atoms with van der Waals surface area (Å²) in [6, 6.07) is 20.9. The van der Waals surface area contributed by atoms with E-state index < -0.39 is 5.41 Å². The number of aromatic amines is 1. The lowest BCUT2D eigenvalue weighted by atomic mass is 9.33. The van der Waals surface area contributed by atoms with Crippen molar-refractivity contribution in [3.8, 4) is 11.3 Å². The number of likely N-dealkylation sites (tertiary alicyclic amines) is 1. The molecule has 3 aromatic rings. The molecule has 7 aliphatic rings. The molecule has 0 unspecified atom stereocenters. The van der Waals surface area contributed by atoms with Crippen LogP contribution < -0.4 is 0 Å². The van der Waals surface area contributed by atoms with Crippen molar-refractivity contribution in [1.82, 2.24) is 14.9 Å². The summed E-state index contributed by atoms with van der Waals surface area (Å²) in [4.78, 5) is 71.0. The zero-order valence-corrected chi connectivity index (χ0v) is 41.7. The van der Waals surface area contributed by atoms with Crippen LogP contribution in [0, 0.1) is 68.0 Å². The van der Waals surface area contributed by atoms with E-state index in [1.54, 1.807) is 0 Å². The van der Waals surface area contributed by atoms with Gasteiger partial charge in [-0.15, -0.1) is 0 Å². The summed E-state index contributed by atoms with van der Waals surface area (Å²) >= 11 is 0. The zero-order chi connectivity index (χ0) is 47.9. The third-order valence-corrected chi connectivity index (χ3v) is 20.6. The van der Waals surface area contributed by atoms with Crippen LogP contribution in [0.3, 0.4) is 0 Å². The minimum Gasteiger partial charge on any atom is -0.462 e. The van der Waals surface area contributed by atoms with Crippen LogP contribution in [0.2, 0.25) is 0 Å². The highest BCUT2D eigenvalue weighted by Gasteiger charge is 2.71. The van der Waals surface area contributed by atoms with E-state index in [0.29, 0.717) is 30.7 Å². The Hall–Kier alpha value is -4.62. The number of carbonyl (C=O) groups is 3. The molecule has 1 amide bonds. The fraction of sp³-hybridized carbons (Fsp3) is 0.638. The molecule has 2 heterocycles. The highest BCUT2D eigenvalue weighted by Crippen LogP contribution is 2.77. The van der Waals surface area contributed by atoms with Crippen LogP contribution in [0.1, 0.15) is 157 Å². The van der Waals surface area contributed by atoms with Crippen molar-refractivity contribution in [3.63, 3.8) is 0 Å². The third-order valence-electron chi connectivity index (χ3n) is 20.6. The number of ketones is 1. The first kappa shape index (κ1) is 47.4. The summed E-state index contributed by atoms with van der Waals surface area (Å²) in [7, 11) is 0. The highest BCUT2D eigenvalue weighted by atomic mass is 16.5. The number of nitrogens with zero attached hydrogens (tertiary/aromatic N) is 2. The number of nitrogens with one attached hydrogen (secondary N) is 1. The van der Waals surface area contributed by atoms with Crippen molar-refractivity contribution in [2.45, 2.75) is 158 Å². The lowest BCUT2D eigenvalue weighted by Crippen LogP contribution is -2.66. The molecular weight excluding hydrogens is 835 g/mol. The number of rotatable bonds is 8. The number of Topliss-reactive ketones (excluding diaryl/α,β-unsaturated/α-hetero) is 1. The van der Waals surface area contributed by atoms with Crippen LogP contribution in [-0.2, 0) is 35.1 Å². The van der Waals surface area contributed by atoms with E-state index in [-0.39, 0.29) is 80.8 Å². The van der Waals surface area contributed by atoms with Gasteiger partial charge in [0.2, 0.25) is 5.91 Å². The lowest BCUT2D eigenvalue weighted by molar-refractivity contribution is -0.236. The minimum atomic E-state index is -0.775. The lowest BCUT2D eigenvalue weighted by Gasteiger charge is -2.72. The van der Waals surface area contributed by atoms with Crippen LogP contribution >= 0.6 is 0 Å². The van der Waals surface area contributed by atoms with E-state index in [0.717, 1.165) is 99.7 Å². The van der Waals surface area contributed by atoms with Crippen molar-refractivity contribution in [1.29, 1.82) is 0 Å². The second-order valence-corrected chi connectivity index (χ2v) is 24.3. The highest BCUT2D eigenvalue weighted by molar-refractivity contribution is 6.07. The number of allylic oxidation sites excluding steroid dienone is 1. The number of amides is 1. The number of fused-ring (bicyclic) bond motifs is 7. The topological polar surface area (TPSA) is 126 Å². The normalized spacial score (nSPS) is 36.9. The summed E-state index contributed by atoms with van der Waals surface area (Å²) in [6.45, 7) is 22.2. The number of aromatic nitrogens is 2. The van der Waals surface area contributed by atoms with Gasteiger partial charge in [-0.05, 0) is 151 Å². The number of benzene rings is 2. The standard InChI is InChI=1S/C57H75N3O4.CO2/c1-35(2)47-43(61)33-57(51(63)60-30-16-21-42(60)49-58-34-41(59-49)37-19-14-11-15-20-37)29-28-55(8)39(48(47)57)22-23-45-54(7)26-25-46(53(5,6)44(54)24-27-56(45,55)9)64-50(62)40-32-38(52(40,3)4)31-36-17-12-10-13-18-36;2-1-3/h10-15,17-20,34-35,38-40,42,44-46H,16,21-33H2,1-9H3,(H,58,59);/t38-,39-,40-,42+,44+,45-,46+,54+,55-,56-,57-;/m1./s1. The number of ether oxygens (including phenoxy) is 1. The average molecular weight is 910 g/mol. The fourth-order valence-electron chi connectivity index (χ4n) is 16.8. The molecule has 5 saturated carbocycles. The molecule has 6 aliphatic carbocycles. The SMILES string of the molecule is CC(C)C1=C2[C@H]3CC[C@@H]4[C@@]5(C)CC[C@H](OC(=O)[C@H]6C[C@@H](Cc7ccccc7)C6(C)C)C(C)(C)[C@@H]5CC[C@@]4(C)[C@]3(C)CC[C@@]2(C(=O)N2CCC[C@H]2c2ncc(-c3ccccc3)[nH]2)CC1=O.O=C=O. The van der Waals surface area contributed by atoms with Crippen molar-refractivity contribution >= 4 is 23.8 Å². The molecule has 0 spiro atoms. The van der Waals surface area contributed by atoms with Gasteiger partial charge >= 0.3 is 12.1 Å². The summed E-state index contributed by atoms with van der Waals surface area (Å²) in [6.07, 6.45) is 14.2. The number of H-pyrrole nitrogens is 1. The van der Waals surface area contributed by atoms with Crippen molar-refractivity contribution in [2.24, 2.45) is 68.0 Å². The molecule has 1 N–H and O–H groups in total. The van der Waals surface area contributed by atoms with Gasteiger partial charge in [0, 0.05) is 18.4 Å². The average Bonchev–Trinajstić information content (AvgIpc) is 4.05. The van der Waals surface area contributed by atoms with E-state index in [1.165, 1.54) is 11.1 Å². The van der Waals surface area contributed by atoms with Crippen LogP contribution in [0.4, 0.5) is 0 Å². The molecular formula is C58H75N3O6. The molecule has 358 valence electrons. The van der Waals surface area contributed by atoms with Gasteiger partial charge in [-0.1, -0.05) is 123 Å². The first-order valence-electron chi connectivity index (χ1n) is 25.7. The molecule has 6 fully saturated rings. The summed E-state index contributed by atoms with van der Waals surface area (Å²) in [5.41, 5.74) is 4.73. The number of hydrogen-bond donors (Lipinski definition) is 1. The van der Waals surface area contributed by atoms with E-state index in [1.807, 2.05) is 24.4 Å². The van der Waals surface area contributed by atoms with E-state index in [2.05, 4.69) is 115 Å². The maximum absolute atomic E-state index is 15.6. The summed E-state index contributed by atoms with van der Waals surface area (Å²) < 4.78 is 6.71. The molecule has 9 nitrogen and oxygen atoms in total. The van der Waals surface area contributed by atoms with Gasteiger partial charge in [-0.3, -0.25) is 14.4 Å². The van der Waals surface area contributed by atoms with Crippen molar-refractivity contribution in [2.75, 3.05) is 6.54 Å². The Kier molecular flexibility index (Phi) is 12.1. The van der Waals surface area contributed by atoms with Crippen LogP contribution in [-0.4, -0.2) is 51.3 Å². The molecule has 11 atom stereocenters. The van der Waals surface area contributed by atoms with Crippen LogP contribution in [0.25, 0.3) is 11.3 Å². The molecule has 9 heteroatoms. The van der Waals surface area contributed by atoms with Gasteiger partial charge in [0.1, 0.15) is 11.9 Å². The van der Waals surface area contributed by atoms with Crippen molar-refractivity contribution in [3.05, 3.63) is 89.4 Å². The van der Waals surface area contributed by atoms with Crippen molar-refractivity contribution < 1.29 is 28.7 Å². The molecule has 2 aromatic carbocycles. The second kappa shape index (κ2) is 17.1. The smallest absolute Gasteiger partial charge is 0.373 e. The predicted octanol–water partition coefficient (Wildman–Crippen LogP) is 12.0. The van der Waals surface area contributed by atoms with Crippen LogP contribution in [0.15, 0.2) is 78.0 Å². The first-order chi connectivity index (χ1) is 31.8. The van der Waals surface area contributed by atoms with Gasteiger partial charge in [0.25, 0.3) is 0 Å². The Morgan fingerprint density at radius 2 is 1.51 bits per heavy atom. The Morgan fingerprint density at radius 3 is 2.18 bits per heavy atom. The molecule has 10 rings (SSSR count). The monoisotopic (exact) mass is 910 g/mol. The van der Waals surface area contributed by atoms with Gasteiger partial charge in [0.05, 0.1) is 29.3 Å². The van der Waals surface area contributed by atoms with Gasteiger partial charge in [-0.25, -0.2) is 4.98 Å². The number of imidazole rings is 1. The Balaban J connectivity index is 0.00000183. The summed E-state index contributed by atoms with van der Waals surface area (Å²) in [5.74, 6) is 2.91. The van der Waals surface area contributed by atoms with E-state index in [9.17, 15) is 9.59 Å². The Morgan fingerprint density at radius 1 is 0.821 bits per heavy atom. The molecule has 1 aliphatic heterocycles. The molecule has 0 bridgehead atoms. The first-order valence-corrected chi connectivity index (χ1v) is 25.7. The minimum absolute atomic E-state index is 0.0200. The third kappa shape index (κ3) is 7.28. The number of hydrogen-bond acceptors (Lipinski definition) is 7.